The molecule has 9 nitrogen and oxygen atoms in total. The molecule has 5 atom stereocenters. The normalized spacial score (nSPS) is 32.7. The Kier molecular flexibility index (Phi) is 4.70. The van der Waals surface area contributed by atoms with E-state index in [1.807, 2.05) is 0 Å². The van der Waals surface area contributed by atoms with E-state index in [1.54, 1.807) is 0 Å². The van der Waals surface area contributed by atoms with Gasteiger partial charge in [-0.1, -0.05) is 12.1 Å². The zero-order valence-electron chi connectivity index (χ0n) is 10.8. The van der Waals surface area contributed by atoms with Crippen LogP contribution in [0.25, 0.3) is 0 Å². The van der Waals surface area contributed by atoms with Crippen LogP contribution in [0.5, 0.6) is 5.75 Å². The third-order valence-corrected chi connectivity index (χ3v) is 3.15. The summed E-state index contributed by atoms with van der Waals surface area (Å²) in [5.41, 5.74) is -0.338. The molecule has 0 aliphatic carbocycles. The minimum Gasteiger partial charge on any atom is -0.455 e. The molecule has 0 saturated carbocycles. The molecule has 1 aliphatic heterocycles. The Bertz CT molecular complexity index is 508. The zero-order chi connectivity index (χ0) is 15.6. The largest absolute Gasteiger partial charge is 0.455 e. The van der Waals surface area contributed by atoms with Gasteiger partial charge in [0.25, 0.3) is 0 Å². The molecule has 1 aromatic rings. The van der Waals surface area contributed by atoms with Crippen LogP contribution in [0.15, 0.2) is 24.3 Å². The van der Waals surface area contributed by atoms with Crippen LogP contribution in [0.1, 0.15) is 0 Å². The third-order valence-electron chi connectivity index (χ3n) is 3.15. The average Bonchev–Trinajstić information content (AvgIpc) is 2.48. The maximum absolute atomic E-state index is 10.9. The lowest BCUT2D eigenvalue weighted by Crippen LogP contribution is -2.60. The predicted molar refractivity (Wildman–Crippen MR) is 67.5 cm³/mol. The SMILES string of the molecule is O=[N+]([O-])c1ccccc1O[C@H]1O[C@H](CO)[C@H](O)[C@H](O)[C@H]1O. The molecule has 1 aliphatic rings. The standard InChI is InChI=1S/C12H15NO8/c14-5-8-9(15)10(16)11(17)12(21-8)20-7-4-2-1-3-6(7)13(18)19/h1-4,8-12,14-17H,5H2/t8-,9+,10+,11-,12+/m1/s1. The smallest absolute Gasteiger partial charge is 0.311 e. The van der Waals surface area contributed by atoms with Gasteiger partial charge in [-0.3, -0.25) is 10.1 Å². The van der Waals surface area contributed by atoms with E-state index in [1.165, 1.54) is 24.3 Å². The van der Waals surface area contributed by atoms with Crippen LogP contribution in [0.4, 0.5) is 5.69 Å². The number of nitro groups is 1. The van der Waals surface area contributed by atoms with Gasteiger partial charge in [0.2, 0.25) is 6.29 Å². The number of nitrogens with zero attached hydrogens (tertiary/aromatic N) is 1. The van der Waals surface area contributed by atoms with Gasteiger partial charge in [0.1, 0.15) is 24.4 Å². The number of benzene rings is 1. The Balaban J connectivity index is 2.20. The minimum atomic E-state index is -1.62. The van der Waals surface area contributed by atoms with Crippen molar-refractivity contribution in [2.24, 2.45) is 0 Å². The fraction of sp³-hybridized carbons (Fsp3) is 0.500. The number of aliphatic hydroxyl groups excluding tert-OH is 4. The summed E-state index contributed by atoms with van der Waals surface area (Å²) in [6.07, 6.45) is -7.35. The van der Waals surface area contributed by atoms with Gasteiger partial charge in [0.05, 0.1) is 11.5 Å². The van der Waals surface area contributed by atoms with Crippen molar-refractivity contribution < 1.29 is 34.8 Å². The van der Waals surface area contributed by atoms with Crippen molar-refractivity contribution in [3.63, 3.8) is 0 Å². The van der Waals surface area contributed by atoms with Crippen molar-refractivity contribution in [3.05, 3.63) is 34.4 Å². The van der Waals surface area contributed by atoms with Gasteiger partial charge < -0.3 is 29.9 Å². The quantitative estimate of drug-likeness (QED) is 0.400. The number of para-hydroxylation sites is 2. The molecule has 21 heavy (non-hydrogen) atoms. The fourth-order valence-electron chi connectivity index (χ4n) is 2.00. The second-order valence-corrected chi connectivity index (χ2v) is 4.54. The zero-order valence-corrected chi connectivity index (χ0v) is 10.8. The second kappa shape index (κ2) is 6.33. The summed E-state index contributed by atoms with van der Waals surface area (Å²) in [7, 11) is 0. The van der Waals surface area contributed by atoms with Crippen molar-refractivity contribution in [1.82, 2.24) is 0 Å². The summed E-state index contributed by atoms with van der Waals surface area (Å²) in [6, 6.07) is 5.45. The van der Waals surface area contributed by atoms with Gasteiger partial charge >= 0.3 is 5.69 Å². The van der Waals surface area contributed by atoms with Crippen molar-refractivity contribution >= 4 is 5.69 Å². The first-order valence-electron chi connectivity index (χ1n) is 6.16. The summed E-state index contributed by atoms with van der Waals surface area (Å²) in [5.74, 6) is -0.160. The van der Waals surface area contributed by atoms with Gasteiger partial charge in [0, 0.05) is 6.07 Å². The first-order chi connectivity index (χ1) is 9.95. The van der Waals surface area contributed by atoms with Gasteiger partial charge in [-0.2, -0.15) is 0 Å². The molecule has 0 bridgehead atoms. The van der Waals surface area contributed by atoms with E-state index in [0.29, 0.717) is 0 Å². The van der Waals surface area contributed by atoms with Crippen molar-refractivity contribution in [2.45, 2.75) is 30.7 Å². The number of rotatable bonds is 4. The molecule has 1 aromatic carbocycles. The summed E-state index contributed by atoms with van der Waals surface area (Å²) >= 11 is 0. The summed E-state index contributed by atoms with van der Waals surface area (Å²) < 4.78 is 10.3. The van der Waals surface area contributed by atoms with Crippen LogP contribution in [-0.2, 0) is 4.74 Å². The lowest BCUT2D eigenvalue weighted by molar-refractivity contribution is -0.387. The van der Waals surface area contributed by atoms with Crippen LogP contribution in [0.3, 0.4) is 0 Å². The molecule has 0 unspecified atom stereocenters. The van der Waals surface area contributed by atoms with E-state index in [2.05, 4.69) is 0 Å². The molecule has 1 fully saturated rings. The molecule has 1 saturated heterocycles. The average molecular weight is 301 g/mol. The van der Waals surface area contributed by atoms with E-state index in [-0.39, 0.29) is 11.4 Å². The molecular formula is C12H15NO8. The van der Waals surface area contributed by atoms with E-state index in [4.69, 9.17) is 14.6 Å². The maximum atomic E-state index is 10.9. The van der Waals surface area contributed by atoms with Crippen LogP contribution in [0.2, 0.25) is 0 Å². The van der Waals surface area contributed by atoms with Gasteiger partial charge in [-0.25, -0.2) is 0 Å². The van der Waals surface area contributed by atoms with Crippen molar-refractivity contribution in [1.29, 1.82) is 0 Å². The Morgan fingerprint density at radius 3 is 2.48 bits per heavy atom. The van der Waals surface area contributed by atoms with Crippen LogP contribution in [-0.4, -0.2) is 62.7 Å². The summed E-state index contributed by atoms with van der Waals surface area (Å²) in [5, 5.41) is 49.0. The number of aliphatic hydroxyl groups is 4. The molecule has 2 rings (SSSR count). The van der Waals surface area contributed by atoms with E-state index >= 15 is 0 Å². The summed E-state index contributed by atoms with van der Waals surface area (Å²) in [4.78, 5) is 10.2. The van der Waals surface area contributed by atoms with Gasteiger partial charge in [-0.15, -0.1) is 0 Å². The molecule has 1 heterocycles. The Labute approximate surface area is 119 Å². The van der Waals surface area contributed by atoms with Crippen molar-refractivity contribution in [2.75, 3.05) is 6.61 Å². The molecule has 9 heteroatoms. The van der Waals surface area contributed by atoms with E-state index < -0.39 is 42.2 Å². The van der Waals surface area contributed by atoms with Crippen LogP contribution >= 0.6 is 0 Å². The Morgan fingerprint density at radius 2 is 1.86 bits per heavy atom. The number of hydrogen-bond acceptors (Lipinski definition) is 8. The third kappa shape index (κ3) is 3.12. The predicted octanol–water partition coefficient (Wildman–Crippen LogP) is -1.23. The number of nitro benzene ring substituents is 1. The molecule has 0 radical (unpaired) electrons. The highest BCUT2D eigenvalue weighted by atomic mass is 16.7. The highest BCUT2D eigenvalue weighted by Crippen LogP contribution is 2.30. The highest BCUT2D eigenvalue weighted by molar-refractivity contribution is 5.45. The lowest BCUT2D eigenvalue weighted by Gasteiger charge is -2.39. The molecule has 0 aromatic heterocycles. The minimum absolute atomic E-state index is 0.160. The monoisotopic (exact) mass is 301 g/mol. The van der Waals surface area contributed by atoms with E-state index in [0.717, 1.165) is 0 Å². The highest BCUT2D eigenvalue weighted by Gasteiger charge is 2.45. The molecule has 0 spiro atoms. The first-order valence-corrected chi connectivity index (χ1v) is 6.16. The topological polar surface area (TPSA) is 143 Å². The van der Waals surface area contributed by atoms with Crippen LogP contribution in [0, 0.1) is 10.1 Å². The second-order valence-electron chi connectivity index (χ2n) is 4.54. The molecule has 4 N–H and O–H groups in total. The Hall–Kier alpha value is -1.78. The maximum Gasteiger partial charge on any atom is 0.311 e. The number of hydrogen-bond donors (Lipinski definition) is 4. The first kappa shape index (κ1) is 15.6. The van der Waals surface area contributed by atoms with Crippen molar-refractivity contribution in [3.8, 4) is 5.75 Å². The molecule has 116 valence electrons. The van der Waals surface area contributed by atoms with Gasteiger partial charge in [0.15, 0.2) is 5.75 Å². The van der Waals surface area contributed by atoms with Gasteiger partial charge in [-0.05, 0) is 6.07 Å². The Morgan fingerprint density at radius 1 is 1.19 bits per heavy atom. The summed E-state index contributed by atoms with van der Waals surface area (Å²) in [6.45, 7) is -0.609. The fourth-order valence-corrected chi connectivity index (χ4v) is 2.00. The molecular weight excluding hydrogens is 286 g/mol. The molecule has 0 amide bonds. The number of ether oxygens (including phenoxy) is 2. The van der Waals surface area contributed by atoms with Crippen LogP contribution < -0.4 is 4.74 Å². The van der Waals surface area contributed by atoms with E-state index in [9.17, 15) is 25.4 Å². The lowest BCUT2D eigenvalue weighted by atomic mass is 9.99.